The van der Waals surface area contributed by atoms with Crippen molar-refractivity contribution < 1.29 is 14.1 Å². The summed E-state index contributed by atoms with van der Waals surface area (Å²) < 4.78 is 12.3. The molecule has 0 atom stereocenters. The van der Waals surface area contributed by atoms with E-state index in [-0.39, 0.29) is 28.9 Å². The largest absolute Gasteiger partial charge is 0.481 e. The average molecular weight is 458 g/mol. The number of fused-ring (bicyclic) bond motifs is 1. The molecule has 0 saturated carbocycles. The zero-order valence-corrected chi connectivity index (χ0v) is 20.0. The minimum atomic E-state index is -0.452. The van der Waals surface area contributed by atoms with Crippen LogP contribution in [0.2, 0.25) is 0 Å². The van der Waals surface area contributed by atoms with E-state index in [1.54, 1.807) is 12.1 Å². The molecule has 3 aromatic carbocycles. The third-order valence-electron chi connectivity index (χ3n) is 6.01. The van der Waals surface area contributed by atoms with E-state index >= 15 is 0 Å². The van der Waals surface area contributed by atoms with E-state index in [2.05, 4.69) is 20.8 Å². The molecule has 0 unspecified atom stereocenters. The number of nitro benzene ring substituents is 1. The van der Waals surface area contributed by atoms with E-state index in [9.17, 15) is 14.9 Å². The highest BCUT2D eigenvalue weighted by molar-refractivity contribution is 5.83. The van der Waals surface area contributed by atoms with Gasteiger partial charge < -0.3 is 9.15 Å². The molecule has 0 bridgehead atoms. The molecule has 0 fully saturated rings. The lowest BCUT2D eigenvalue weighted by Crippen LogP contribution is -2.12. The van der Waals surface area contributed by atoms with Crippen molar-refractivity contribution in [3.8, 4) is 17.1 Å². The summed E-state index contributed by atoms with van der Waals surface area (Å²) >= 11 is 0. The predicted octanol–water partition coefficient (Wildman–Crippen LogP) is 6.86. The summed E-state index contributed by atoms with van der Waals surface area (Å²) in [6.07, 6.45) is 0. The summed E-state index contributed by atoms with van der Waals surface area (Å²) in [6, 6.07) is 17.7. The SMILES string of the molecule is Cc1cc2oc(-c3ccc(C(C)(C)C)cc3)c(OCc3ccc([N+](=O)[O-])cc3)c(=O)c2cc1C. The van der Waals surface area contributed by atoms with E-state index in [0.717, 1.165) is 16.7 Å². The van der Waals surface area contributed by atoms with E-state index in [1.165, 1.54) is 17.7 Å². The van der Waals surface area contributed by atoms with Crippen LogP contribution in [-0.4, -0.2) is 4.92 Å². The molecule has 4 rings (SSSR count). The van der Waals surface area contributed by atoms with Crippen molar-refractivity contribution in [2.24, 2.45) is 0 Å². The molecule has 0 aliphatic carbocycles. The summed E-state index contributed by atoms with van der Waals surface area (Å²) in [4.78, 5) is 24.0. The highest BCUT2D eigenvalue weighted by Crippen LogP contribution is 2.34. The van der Waals surface area contributed by atoms with Gasteiger partial charge in [0.15, 0.2) is 5.76 Å². The Labute approximate surface area is 198 Å². The molecule has 34 heavy (non-hydrogen) atoms. The van der Waals surface area contributed by atoms with Gasteiger partial charge in [-0.15, -0.1) is 0 Å². The van der Waals surface area contributed by atoms with Crippen LogP contribution in [0.4, 0.5) is 5.69 Å². The second-order valence-electron chi connectivity index (χ2n) is 9.56. The molecular formula is C28H27NO5. The van der Waals surface area contributed by atoms with Crippen molar-refractivity contribution >= 4 is 16.7 Å². The Balaban J connectivity index is 1.81. The van der Waals surface area contributed by atoms with Crippen molar-refractivity contribution in [2.75, 3.05) is 0 Å². The van der Waals surface area contributed by atoms with Gasteiger partial charge in [0.2, 0.25) is 11.2 Å². The Kier molecular flexibility index (Phi) is 6.00. The van der Waals surface area contributed by atoms with Gasteiger partial charge in [-0.3, -0.25) is 14.9 Å². The van der Waals surface area contributed by atoms with Gasteiger partial charge >= 0.3 is 0 Å². The third-order valence-corrected chi connectivity index (χ3v) is 6.01. The summed E-state index contributed by atoms with van der Waals surface area (Å²) in [7, 11) is 0. The summed E-state index contributed by atoms with van der Waals surface area (Å²) in [5.41, 5.74) is 4.88. The molecule has 0 spiro atoms. The van der Waals surface area contributed by atoms with Gasteiger partial charge in [-0.1, -0.05) is 45.0 Å². The number of benzene rings is 3. The second-order valence-corrected chi connectivity index (χ2v) is 9.56. The summed E-state index contributed by atoms with van der Waals surface area (Å²) in [6.45, 7) is 10.4. The van der Waals surface area contributed by atoms with E-state index < -0.39 is 4.92 Å². The average Bonchev–Trinajstić information content (AvgIpc) is 2.79. The molecule has 1 heterocycles. The Morgan fingerprint density at radius 1 is 0.941 bits per heavy atom. The van der Waals surface area contributed by atoms with Crippen LogP contribution >= 0.6 is 0 Å². The van der Waals surface area contributed by atoms with Crippen LogP contribution in [0, 0.1) is 24.0 Å². The highest BCUT2D eigenvalue weighted by Gasteiger charge is 2.20. The number of hydrogen-bond acceptors (Lipinski definition) is 5. The molecule has 0 amide bonds. The third kappa shape index (κ3) is 4.57. The Morgan fingerprint density at radius 2 is 1.56 bits per heavy atom. The number of nitro groups is 1. The Bertz CT molecular complexity index is 1430. The van der Waals surface area contributed by atoms with Crippen LogP contribution in [0.3, 0.4) is 0 Å². The summed E-state index contributed by atoms with van der Waals surface area (Å²) in [5, 5.41) is 11.4. The minimum Gasteiger partial charge on any atom is -0.481 e. The van der Waals surface area contributed by atoms with Crippen LogP contribution in [0.5, 0.6) is 5.75 Å². The number of non-ortho nitro benzene ring substituents is 1. The number of nitrogens with zero attached hydrogens (tertiary/aromatic N) is 1. The molecule has 0 radical (unpaired) electrons. The quantitative estimate of drug-likeness (QED) is 0.241. The first-order chi connectivity index (χ1) is 16.0. The molecule has 174 valence electrons. The van der Waals surface area contributed by atoms with E-state index in [1.807, 2.05) is 50.2 Å². The first-order valence-electron chi connectivity index (χ1n) is 11.1. The molecule has 4 aromatic rings. The molecule has 0 aliphatic rings. The molecule has 6 nitrogen and oxygen atoms in total. The maximum Gasteiger partial charge on any atom is 0.269 e. The van der Waals surface area contributed by atoms with Crippen molar-refractivity contribution in [1.29, 1.82) is 0 Å². The molecule has 0 saturated heterocycles. The first kappa shape index (κ1) is 23.2. The van der Waals surface area contributed by atoms with Gasteiger partial charge in [0, 0.05) is 17.7 Å². The number of hydrogen-bond donors (Lipinski definition) is 0. The first-order valence-corrected chi connectivity index (χ1v) is 11.1. The smallest absolute Gasteiger partial charge is 0.269 e. The van der Waals surface area contributed by atoms with Gasteiger partial charge in [-0.05, 0) is 65.8 Å². The highest BCUT2D eigenvalue weighted by atomic mass is 16.6. The normalized spacial score (nSPS) is 11.6. The minimum absolute atomic E-state index is 0.000517. The molecule has 6 heteroatoms. The number of rotatable bonds is 5. The van der Waals surface area contributed by atoms with Crippen molar-refractivity contribution in [1.82, 2.24) is 0 Å². The van der Waals surface area contributed by atoms with Crippen molar-refractivity contribution in [2.45, 2.75) is 46.6 Å². The Morgan fingerprint density at radius 3 is 2.15 bits per heavy atom. The van der Waals surface area contributed by atoms with Crippen LogP contribution < -0.4 is 10.2 Å². The van der Waals surface area contributed by atoms with Gasteiger partial charge in [0.1, 0.15) is 12.2 Å². The van der Waals surface area contributed by atoms with Crippen LogP contribution in [-0.2, 0) is 12.0 Å². The van der Waals surface area contributed by atoms with Gasteiger partial charge in [0.25, 0.3) is 5.69 Å². The number of aryl methyl sites for hydroxylation is 2. The van der Waals surface area contributed by atoms with Crippen molar-refractivity contribution in [3.63, 3.8) is 0 Å². The molecular weight excluding hydrogens is 430 g/mol. The monoisotopic (exact) mass is 457 g/mol. The maximum absolute atomic E-state index is 13.5. The molecule has 0 N–H and O–H groups in total. The predicted molar refractivity (Wildman–Crippen MR) is 134 cm³/mol. The van der Waals surface area contributed by atoms with Crippen LogP contribution in [0.1, 0.15) is 43.0 Å². The van der Waals surface area contributed by atoms with Gasteiger partial charge in [0.05, 0.1) is 10.3 Å². The fourth-order valence-corrected chi connectivity index (χ4v) is 3.75. The zero-order valence-electron chi connectivity index (χ0n) is 20.0. The second kappa shape index (κ2) is 8.78. The summed E-state index contributed by atoms with van der Waals surface area (Å²) in [5.74, 6) is 0.487. The fourth-order valence-electron chi connectivity index (χ4n) is 3.75. The lowest BCUT2D eigenvalue weighted by molar-refractivity contribution is -0.384. The lowest BCUT2D eigenvalue weighted by Gasteiger charge is -2.19. The molecule has 0 aliphatic heterocycles. The van der Waals surface area contributed by atoms with Gasteiger partial charge in [-0.25, -0.2) is 0 Å². The molecule has 1 aromatic heterocycles. The van der Waals surface area contributed by atoms with Crippen LogP contribution in [0.25, 0.3) is 22.3 Å². The van der Waals surface area contributed by atoms with Crippen molar-refractivity contribution in [3.05, 3.63) is 103 Å². The zero-order chi connectivity index (χ0) is 24.6. The van der Waals surface area contributed by atoms with Crippen LogP contribution in [0.15, 0.2) is 69.9 Å². The topological polar surface area (TPSA) is 82.6 Å². The lowest BCUT2D eigenvalue weighted by atomic mass is 9.86. The fraction of sp³-hybridized carbons (Fsp3) is 0.250. The number of ether oxygens (including phenoxy) is 1. The van der Waals surface area contributed by atoms with E-state index in [0.29, 0.717) is 22.3 Å². The van der Waals surface area contributed by atoms with Gasteiger partial charge in [-0.2, -0.15) is 0 Å². The standard InChI is InChI=1S/C28H27NO5/c1-17-14-23-24(15-18(17)2)34-26(20-8-10-21(11-9-20)28(3,4)5)27(25(23)30)33-16-19-6-12-22(13-7-19)29(31)32/h6-15H,16H2,1-5H3. The van der Waals surface area contributed by atoms with E-state index in [4.69, 9.17) is 9.15 Å². The maximum atomic E-state index is 13.5. The Hall–Kier alpha value is -3.93.